The molecule has 3 rings (SSSR count). The van der Waals surface area contributed by atoms with Gasteiger partial charge < -0.3 is 5.32 Å². The molecule has 0 aliphatic heterocycles. The molecule has 21 heavy (non-hydrogen) atoms. The van der Waals surface area contributed by atoms with Crippen LogP contribution in [-0.4, -0.2) is 26.7 Å². The van der Waals surface area contributed by atoms with Gasteiger partial charge in [-0.2, -0.15) is 5.10 Å². The topological polar surface area (TPSA) is 74.6 Å². The van der Waals surface area contributed by atoms with E-state index in [0.29, 0.717) is 5.13 Å². The van der Waals surface area contributed by atoms with Crippen molar-refractivity contribution >= 4 is 34.1 Å². The summed E-state index contributed by atoms with van der Waals surface area (Å²) in [6, 6.07) is 9.80. The highest BCUT2D eigenvalue weighted by Crippen LogP contribution is 2.14. The first-order valence-electron chi connectivity index (χ1n) is 6.16. The molecule has 6 nitrogen and oxygen atoms in total. The van der Waals surface area contributed by atoms with Gasteiger partial charge in [-0.3, -0.25) is 4.79 Å². The van der Waals surface area contributed by atoms with E-state index >= 15 is 0 Å². The average molecular weight is 318 g/mol. The second-order valence-electron chi connectivity index (χ2n) is 4.01. The fraction of sp³-hybridized carbons (Fsp3) is 0.0769. The first-order chi connectivity index (χ1) is 10.3. The van der Waals surface area contributed by atoms with Gasteiger partial charge in [0.2, 0.25) is 12.2 Å². The zero-order valence-electron chi connectivity index (χ0n) is 10.9. The van der Waals surface area contributed by atoms with Crippen LogP contribution < -0.4 is 10.00 Å². The van der Waals surface area contributed by atoms with Gasteiger partial charge in [-0.05, 0) is 28.9 Å². The van der Waals surface area contributed by atoms with E-state index < -0.39 is 0 Å². The second kappa shape index (κ2) is 6.51. The van der Waals surface area contributed by atoms with Crippen molar-refractivity contribution in [2.24, 2.45) is 0 Å². The highest BCUT2D eigenvalue weighted by atomic mass is 32.2. The van der Waals surface area contributed by atoms with Crippen LogP contribution in [0.5, 0.6) is 0 Å². The lowest BCUT2D eigenvalue weighted by Gasteiger charge is -1.99. The maximum absolute atomic E-state index is 11.8. The first-order valence-corrected chi connectivity index (χ1v) is 8.02. The molecule has 0 saturated heterocycles. The van der Waals surface area contributed by atoms with Gasteiger partial charge in [0.15, 0.2) is 10.8 Å². The van der Waals surface area contributed by atoms with E-state index in [-0.39, 0.29) is 11.7 Å². The molecule has 0 bridgehead atoms. The lowest BCUT2D eigenvalue weighted by molar-refractivity contribution is -0.694. The molecule has 0 aliphatic carbocycles. The van der Waals surface area contributed by atoms with Crippen molar-refractivity contribution in [3.05, 3.63) is 48.2 Å². The van der Waals surface area contributed by atoms with Crippen molar-refractivity contribution in [1.82, 2.24) is 15.1 Å². The zero-order chi connectivity index (χ0) is 14.5. The summed E-state index contributed by atoms with van der Waals surface area (Å²) in [5.41, 5.74) is 0.970. The summed E-state index contributed by atoms with van der Waals surface area (Å²) in [7, 11) is 0. The number of rotatable bonds is 5. The van der Waals surface area contributed by atoms with Crippen molar-refractivity contribution in [3.8, 4) is 5.69 Å². The summed E-state index contributed by atoms with van der Waals surface area (Å²) in [6.07, 6.45) is 3.26. The third kappa shape index (κ3) is 3.47. The molecule has 1 amide bonds. The van der Waals surface area contributed by atoms with E-state index in [2.05, 4.69) is 20.4 Å². The smallest absolute Gasteiger partial charge is 0.301 e. The molecule has 0 fully saturated rings. The van der Waals surface area contributed by atoms with Gasteiger partial charge in [0.1, 0.15) is 0 Å². The van der Waals surface area contributed by atoms with Gasteiger partial charge in [-0.25, -0.2) is 4.98 Å². The molecular weight excluding hydrogens is 306 g/mol. The molecule has 0 spiro atoms. The normalized spacial score (nSPS) is 10.5. The highest BCUT2D eigenvalue weighted by Gasteiger charge is 2.18. The highest BCUT2D eigenvalue weighted by molar-refractivity contribution is 7.99. The van der Waals surface area contributed by atoms with Crippen LogP contribution in [0, 0.1) is 0 Å². The zero-order valence-corrected chi connectivity index (χ0v) is 12.5. The fourth-order valence-corrected chi connectivity index (χ4v) is 2.98. The third-order valence-electron chi connectivity index (χ3n) is 2.58. The number of H-pyrrole nitrogens is 1. The molecule has 1 aromatic carbocycles. The van der Waals surface area contributed by atoms with Crippen molar-refractivity contribution < 1.29 is 9.48 Å². The molecule has 3 aromatic rings. The number of amides is 1. The fourth-order valence-electron chi connectivity index (χ4n) is 1.69. The molecule has 2 aromatic heterocycles. The number of carbonyl (C=O) groups is 1. The Kier molecular flexibility index (Phi) is 4.27. The summed E-state index contributed by atoms with van der Waals surface area (Å²) >= 11 is 2.76. The van der Waals surface area contributed by atoms with Gasteiger partial charge in [0, 0.05) is 11.6 Å². The number of thiazole rings is 1. The summed E-state index contributed by atoms with van der Waals surface area (Å²) in [5.74, 6) is 0.176. The van der Waals surface area contributed by atoms with Crippen molar-refractivity contribution in [3.63, 3.8) is 0 Å². The summed E-state index contributed by atoms with van der Waals surface area (Å²) in [5, 5.41) is 8.94. The number of carbonyl (C=O) groups excluding carboxylic acids is 1. The van der Waals surface area contributed by atoms with Gasteiger partial charge in [0.05, 0.1) is 5.75 Å². The number of benzene rings is 1. The summed E-state index contributed by atoms with van der Waals surface area (Å²) in [6.45, 7) is 0. The van der Waals surface area contributed by atoms with Crippen molar-refractivity contribution in [2.45, 2.75) is 5.16 Å². The van der Waals surface area contributed by atoms with E-state index in [1.54, 1.807) is 12.5 Å². The van der Waals surface area contributed by atoms with Gasteiger partial charge in [-0.1, -0.05) is 18.2 Å². The van der Waals surface area contributed by atoms with Crippen LogP contribution >= 0.6 is 23.1 Å². The first kappa shape index (κ1) is 13.8. The molecule has 2 N–H and O–H groups in total. The standard InChI is InChI=1S/C13H11N5OS2/c19-11(17-12-14-6-7-20-12)8-21-13-15-9-16-18(13)10-4-2-1-3-5-10/h1-7,9H,8H2,(H,14,17,19)/p+1. The Hall–Kier alpha value is -2.19. The van der Waals surface area contributed by atoms with Crippen LogP contribution in [0.15, 0.2) is 53.4 Å². The average Bonchev–Trinajstić information content (AvgIpc) is 3.17. The van der Waals surface area contributed by atoms with Gasteiger partial charge >= 0.3 is 5.16 Å². The molecule has 8 heteroatoms. The van der Waals surface area contributed by atoms with Crippen LogP contribution in [-0.2, 0) is 4.79 Å². The van der Waals surface area contributed by atoms with Crippen LogP contribution in [0.4, 0.5) is 5.13 Å². The number of aromatic nitrogens is 4. The minimum Gasteiger partial charge on any atom is -0.301 e. The Morgan fingerprint density at radius 3 is 2.95 bits per heavy atom. The lowest BCUT2D eigenvalue weighted by atomic mass is 10.3. The number of thioether (sulfide) groups is 1. The number of para-hydroxylation sites is 1. The lowest BCUT2D eigenvalue weighted by Crippen LogP contribution is -2.35. The summed E-state index contributed by atoms with van der Waals surface area (Å²) in [4.78, 5) is 20.1. The molecule has 106 valence electrons. The van der Waals surface area contributed by atoms with E-state index in [0.717, 1.165) is 10.8 Å². The Morgan fingerprint density at radius 1 is 1.33 bits per heavy atom. The van der Waals surface area contributed by atoms with E-state index in [4.69, 9.17) is 0 Å². The predicted octanol–water partition coefficient (Wildman–Crippen LogP) is 1.87. The predicted molar refractivity (Wildman–Crippen MR) is 81.6 cm³/mol. The third-order valence-corrected chi connectivity index (χ3v) is 4.22. The van der Waals surface area contributed by atoms with Gasteiger partial charge in [-0.15, -0.1) is 16.0 Å². The molecule has 0 aliphatic rings. The van der Waals surface area contributed by atoms with Crippen LogP contribution in [0.2, 0.25) is 0 Å². The number of nitrogens with zero attached hydrogens (tertiary/aromatic N) is 3. The van der Waals surface area contributed by atoms with Crippen molar-refractivity contribution in [1.29, 1.82) is 0 Å². The second-order valence-corrected chi connectivity index (χ2v) is 5.85. The maximum Gasteiger partial charge on any atom is 0.385 e. The Balaban J connectivity index is 1.64. The van der Waals surface area contributed by atoms with Crippen LogP contribution in [0.25, 0.3) is 5.69 Å². The molecule has 0 saturated carbocycles. The molecule has 0 atom stereocenters. The number of nitrogens with one attached hydrogen (secondary N) is 2. The number of hydrogen-bond acceptors (Lipinski definition) is 5. The minimum absolute atomic E-state index is 0.0995. The SMILES string of the molecule is O=C(CSc1nc[nH][n+]1-c1ccccc1)Nc1nccs1. The Morgan fingerprint density at radius 2 is 2.19 bits per heavy atom. The Labute approximate surface area is 129 Å². The molecular formula is C13H12N5OS2+. The summed E-state index contributed by atoms with van der Waals surface area (Å²) < 4.78 is 1.83. The van der Waals surface area contributed by atoms with E-state index in [1.165, 1.54) is 23.1 Å². The monoisotopic (exact) mass is 318 g/mol. The van der Waals surface area contributed by atoms with Crippen molar-refractivity contribution in [2.75, 3.05) is 11.1 Å². The number of anilines is 1. The maximum atomic E-state index is 11.8. The van der Waals surface area contributed by atoms with E-state index in [9.17, 15) is 4.79 Å². The minimum atomic E-state index is -0.0995. The quantitative estimate of drug-likeness (QED) is 0.556. The van der Waals surface area contributed by atoms with Crippen LogP contribution in [0.1, 0.15) is 0 Å². The van der Waals surface area contributed by atoms with Gasteiger partial charge in [0.25, 0.3) is 0 Å². The molecule has 0 radical (unpaired) electrons. The molecule has 0 unspecified atom stereocenters. The number of hydrogen-bond donors (Lipinski definition) is 2. The van der Waals surface area contributed by atoms with Crippen LogP contribution in [0.3, 0.4) is 0 Å². The molecule has 2 heterocycles. The Bertz CT molecular complexity index is 711. The largest absolute Gasteiger partial charge is 0.385 e. The number of aromatic amines is 1. The van der Waals surface area contributed by atoms with E-state index in [1.807, 2.05) is 40.4 Å².